The molecule has 0 radical (unpaired) electrons. The largest absolute Gasteiger partial charge is 0.0642 e. The van der Waals surface area contributed by atoms with Crippen LogP contribution in [-0.2, 0) is 38.5 Å². The molecule has 0 unspecified atom stereocenters. The van der Waals surface area contributed by atoms with Crippen LogP contribution in [0.15, 0.2) is 32.2 Å². The second-order valence-electron chi connectivity index (χ2n) is 11.4. The van der Waals surface area contributed by atoms with Crippen LogP contribution in [0.4, 0.5) is 0 Å². The normalized spacial score (nSPS) is 19.6. The van der Waals surface area contributed by atoms with E-state index in [2.05, 4.69) is 71.7 Å². The zero-order valence-corrected chi connectivity index (χ0v) is 23.7. The summed E-state index contributed by atoms with van der Waals surface area (Å²) >= 11 is 7.96. The van der Waals surface area contributed by atoms with Crippen molar-refractivity contribution in [2.75, 3.05) is 0 Å². The van der Waals surface area contributed by atoms with Crippen LogP contribution in [0.2, 0.25) is 0 Å². The standard InChI is InChI=1S/C31H34Br2/c1-17-13-23-19-9-5-7-11-21(19)27(32)15-25(23)29(17)31(3,4)30-18(2)14-24-20-10-6-8-12-22(20)28(33)16-26(24)30/h15-16H,5-14H2,1-4H3. The lowest BCUT2D eigenvalue weighted by atomic mass is 9.70. The van der Waals surface area contributed by atoms with Gasteiger partial charge in [0.1, 0.15) is 0 Å². The molecule has 6 rings (SSSR count). The molecule has 2 aromatic rings. The molecule has 0 heterocycles. The first-order chi connectivity index (χ1) is 15.8. The van der Waals surface area contributed by atoms with E-state index in [9.17, 15) is 0 Å². The summed E-state index contributed by atoms with van der Waals surface area (Å²) in [5.74, 6) is 0. The Kier molecular flexibility index (Phi) is 5.39. The van der Waals surface area contributed by atoms with Crippen molar-refractivity contribution in [3.05, 3.63) is 76.7 Å². The van der Waals surface area contributed by atoms with Crippen molar-refractivity contribution in [1.29, 1.82) is 0 Å². The Labute approximate surface area is 216 Å². The zero-order valence-electron chi connectivity index (χ0n) is 20.5. The average molecular weight is 566 g/mol. The highest BCUT2D eigenvalue weighted by Crippen LogP contribution is 2.57. The molecule has 0 atom stereocenters. The number of hydrogen-bond acceptors (Lipinski definition) is 0. The van der Waals surface area contributed by atoms with E-state index < -0.39 is 0 Å². The van der Waals surface area contributed by atoms with Crippen LogP contribution in [-0.4, -0.2) is 0 Å². The summed E-state index contributed by atoms with van der Waals surface area (Å²) in [4.78, 5) is 0. The molecule has 0 aromatic heterocycles. The number of benzene rings is 2. The van der Waals surface area contributed by atoms with E-state index >= 15 is 0 Å². The SMILES string of the molecule is CC1=C(C(C)(C)C2=C(C)Cc3c2cc(Br)c2c3CCCC2)c2cc(Br)c3c(c2C1)CCCC3. The monoisotopic (exact) mass is 564 g/mol. The molecule has 2 aromatic carbocycles. The second kappa shape index (κ2) is 7.95. The molecule has 0 fully saturated rings. The molecule has 0 N–H and O–H groups in total. The van der Waals surface area contributed by atoms with Crippen molar-refractivity contribution in [2.24, 2.45) is 5.41 Å². The first-order valence-corrected chi connectivity index (χ1v) is 14.4. The molecule has 33 heavy (non-hydrogen) atoms. The molecule has 0 bridgehead atoms. The van der Waals surface area contributed by atoms with Gasteiger partial charge in [0.25, 0.3) is 0 Å². The van der Waals surface area contributed by atoms with Crippen LogP contribution in [0.5, 0.6) is 0 Å². The highest BCUT2D eigenvalue weighted by atomic mass is 79.9. The molecular weight excluding hydrogens is 532 g/mol. The summed E-state index contributed by atoms with van der Waals surface area (Å²) in [6, 6.07) is 4.95. The van der Waals surface area contributed by atoms with E-state index in [0.29, 0.717) is 0 Å². The maximum Gasteiger partial charge on any atom is 0.0216 e. The lowest BCUT2D eigenvalue weighted by molar-refractivity contribution is 0.665. The topological polar surface area (TPSA) is 0 Å². The van der Waals surface area contributed by atoms with Crippen LogP contribution < -0.4 is 0 Å². The zero-order chi connectivity index (χ0) is 23.1. The minimum absolute atomic E-state index is 0.00461. The molecular formula is C31H34Br2. The van der Waals surface area contributed by atoms with Gasteiger partial charge in [-0.05, 0) is 146 Å². The summed E-state index contributed by atoms with van der Waals surface area (Å²) in [5.41, 5.74) is 19.1. The molecule has 0 spiro atoms. The lowest BCUT2D eigenvalue weighted by Gasteiger charge is -2.33. The fourth-order valence-electron chi connectivity index (χ4n) is 7.81. The summed E-state index contributed by atoms with van der Waals surface area (Å²) in [6.07, 6.45) is 12.6. The number of fused-ring (bicyclic) bond motifs is 6. The van der Waals surface area contributed by atoms with Crippen molar-refractivity contribution in [3.8, 4) is 0 Å². The Morgan fingerprint density at radius 3 is 1.33 bits per heavy atom. The van der Waals surface area contributed by atoms with E-state index in [4.69, 9.17) is 0 Å². The van der Waals surface area contributed by atoms with E-state index in [1.165, 1.54) is 71.4 Å². The van der Waals surface area contributed by atoms with Gasteiger partial charge in [-0.2, -0.15) is 0 Å². The summed E-state index contributed by atoms with van der Waals surface area (Å²) in [6.45, 7) is 9.79. The van der Waals surface area contributed by atoms with Gasteiger partial charge in [0.2, 0.25) is 0 Å². The molecule has 0 nitrogen and oxygen atoms in total. The Bertz CT molecular complexity index is 1170. The summed E-state index contributed by atoms with van der Waals surface area (Å²) in [5, 5.41) is 0. The van der Waals surface area contributed by atoms with Gasteiger partial charge in [0, 0.05) is 14.4 Å². The van der Waals surface area contributed by atoms with Crippen molar-refractivity contribution < 1.29 is 0 Å². The Morgan fingerprint density at radius 1 is 0.576 bits per heavy atom. The molecule has 4 aliphatic rings. The third kappa shape index (κ3) is 3.26. The second-order valence-corrected chi connectivity index (χ2v) is 13.1. The van der Waals surface area contributed by atoms with Crippen LogP contribution in [0.3, 0.4) is 0 Å². The van der Waals surface area contributed by atoms with E-state index in [1.807, 2.05) is 0 Å². The molecule has 0 saturated carbocycles. The number of hydrogen-bond donors (Lipinski definition) is 0. The van der Waals surface area contributed by atoms with Crippen molar-refractivity contribution in [2.45, 2.75) is 91.9 Å². The van der Waals surface area contributed by atoms with Crippen molar-refractivity contribution in [3.63, 3.8) is 0 Å². The molecule has 0 saturated heterocycles. The van der Waals surface area contributed by atoms with Crippen LogP contribution >= 0.6 is 31.9 Å². The van der Waals surface area contributed by atoms with Gasteiger partial charge in [-0.3, -0.25) is 0 Å². The smallest absolute Gasteiger partial charge is 0.0216 e. The Morgan fingerprint density at radius 2 is 0.939 bits per heavy atom. The first-order valence-electron chi connectivity index (χ1n) is 12.9. The van der Waals surface area contributed by atoms with E-state index in [-0.39, 0.29) is 5.41 Å². The quantitative estimate of drug-likeness (QED) is 0.340. The molecule has 0 amide bonds. The van der Waals surface area contributed by atoms with Crippen LogP contribution in [0.1, 0.15) is 97.9 Å². The summed E-state index contributed by atoms with van der Waals surface area (Å²) < 4.78 is 2.68. The third-order valence-electron chi connectivity index (χ3n) is 8.96. The Hall–Kier alpha value is -1.12. The van der Waals surface area contributed by atoms with Gasteiger partial charge >= 0.3 is 0 Å². The maximum absolute atomic E-state index is 3.98. The summed E-state index contributed by atoms with van der Waals surface area (Å²) in [7, 11) is 0. The minimum Gasteiger partial charge on any atom is -0.0642 e. The highest BCUT2D eigenvalue weighted by Gasteiger charge is 2.41. The van der Waals surface area contributed by atoms with Crippen molar-refractivity contribution >= 4 is 43.0 Å². The maximum atomic E-state index is 3.98. The lowest BCUT2D eigenvalue weighted by Crippen LogP contribution is -2.18. The first kappa shape index (κ1) is 22.4. The minimum atomic E-state index is -0.00461. The molecule has 0 aliphatic heterocycles. The van der Waals surface area contributed by atoms with Gasteiger partial charge in [-0.25, -0.2) is 0 Å². The predicted octanol–water partition coefficient (Wildman–Crippen LogP) is 9.35. The van der Waals surface area contributed by atoms with Gasteiger partial charge in [-0.1, -0.05) is 56.9 Å². The number of allylic oxidation sites excluding steroid dienone is 4. The number of rotatable bonds is 2. The fraction of sp³-hybridized carbons (Fsp3) is 0.484. The van der Waals surface area contributed by atoms with Gasteiger partial charge < -0.3 is 0 Å². The van der Waals surface area contributed by atoms with Gasteiger partial charge in [0.05, 0.1) is 0 Å². The van der Waals surface area contributed by atoms with Crippen molar-refractivity contribution in [1.82, 2.24) is 0 Å². The molecule has 172 valence electrons. The van der Waals surface area contributed by atoms with E-state index in [1.54, 1.807) is 55.7 Å². The average Bonchev–Trinajstić information content (AvgIpc) is 3.31. The van der Waals surface area contributed by atoms with Crippen LogP contribution in [0, 0.1) is 5.41 Å². The number of halogens is 2. The fourth-order valence-corrected chi connectivity index (χ4v) is 9.15. The van der Waals surface area contributed by atoms with E-state index in [0.717, 1.165) is 12.8 Å². The molecule has 2 heteroatoms. The van der Waals surface area contributed by atoms with Gasteiger partial charge in [0.15, 0.2) is 0 Å². The predicted molar refractivity (Wildman–Crippen MR) is 148 cm³/mol. The Balaban J connectivity index is 1.51. The molecule has 4 aliphatic carbocycles. The third-order valence-corrected chi connectivity index (χ3v) is 10.4. The van der Waals surface area contributed by atoms with Crippen LogP contribution in [0.25, 0.3) is 11.1 Å². The highest BCUT2D eigenvalue weighted by molar-refractivity contribution is 9.10. The van der Waals surface area contributed by atoms with Gasteiger partial charge in [-0.15, -0.1) is 0 Å².